The minimum absolute atomic E-state index is 0.484. The molecule has 0 saturated carbocycles. The van der Waals surface area contributed by atoms with E-state index in [4.69, 9.17) is 24.8 Å². The molecule has 5 aromatic rings. The highest BCUT2D eigenvalue weighted by Crippen LogP contribution is 2.32. The van der Waals surface area contributed by atoms with Crippen molar-refractivity contribution in [2.75, 3.05) is 14.2 Å². The van der Waals surface area contributed by atoms with Crippen LogP contribution in [0.25, 0.3) is 39.5 Å². The van der Waals surface area contributed by atoms with Gasteiger partial charge in [0.15, 0.2) is 0 Å². The third-order valence-electron chi connectivity index (χ3n) is 5.35. The standard InChI is InChI=1S/C26H19N5O2/c1-32-21-11-7-19(8-12-21)24-25(20-9-13-22(33-2)14-10-20)30-31-16-23(28-26(31)29-24)18-5-3-17(15-27)4-6-18/h3-14,16H,1-2H3. The highest BCUT2D eigenvalue weighted by Gasteiger charge is 2.16. The Morgan fingerprint density at radius 3 is 1.79 bits per heavy atom. The van der Waals surface area contributed by atoms with Crippen molar-refractivity contribution in [1.82, 2.24) is 19.6 Å². The number of nitrogens with zero attached hydrogens (tertiary/aromatic N) is 5. The van der Waals surface area contributed by atoms with Gasteiger partial charge in [-0.15, -0.1) is 0 Å². The summed E-state index contributed by atoms with van der Waals surface area (Å²) in [6, 6.07) is 24.8. The van der Waals surface area contributed by atoms with E-state index in [9.17, 15) is 0 Å². The van der Waals surface area contributed by atoms with Crippen LogP contribution in [0.2, 0.25) is 0 Å². The molecule has 7 nitrogen and oxygen atoms in total. The summed E-state index contributed by atoms with van der Waals surface area (Å²) in [5.41, 5.74) is 5.46. The number of hydrogen-bond acceptors (Lipinski definition) is 6. The Morgan fingerprint density at radius 1 is 0.697 bits per heavy atom. The fourth-order valence-corrected chi connectivity index (χ4v) is 3.57. The van der Waals surface area contributed by atoms with Crippen molar-refractivity contribution in [3.8, 4) is 51.3 Å². The largest absolute Gasteiger partial charge is 0.497 e. The average Bonchev–Trinajstić information content (AvgIpc) is 3.31. The zero-order chi connectivity index (χ0) is 22.8. The number of aromatic nitrogens is 4. The lowest BCUT2D eigenvalue weighted by Crippen LogP contribution is -2.01. The number of ether oxygens (including phenoxy) is 2. The third-order valence-corrected chi connectivity index (χ3v) is 5.35. The Kier molecular flexibility index (Phi) is 5.17. The molecule has 33 heavy (non-hydrogen) atoms. The number of rotatable bonds is 5. The minimum Gasteiger partial charge on any atom is -0.497 e. The SMILES string of the molecule is COc1ccc(-c2nc3nc(-c4ccc(C#N)cc4)cn3nc2-c2ccc(OC)cc2)cc1. The molecule has 0 fully saturated rings. The van der Waals surface area contributed by atoms with Gasteiger partial charge in [-0.1, -0.05) is 12.1 Å². The maximum atomic E-state index is 9.05. The lowest BCUT2D eigenvalue weighted by Gasteiger charge is -2.10. The van der Waals surface area contributed by atoms with Crippen molar-refractivity contribution in [3.05, 3.63) is 84.6 Å². The number of nitriles is 1. The van der Waals surface area contributed by atoms with Crippen LogP contribution in [0.3, 0.4) is 0 Å². The number of imidazole rings is 1. The van der Waals surface area contributed by atoms with Crippen LogP contribution in [-0.2, 0) is 0 Å². The van der Waals surface area contributed by atoms with Crippen LogP contribution in [-0.4, -0.2) is 33.8 Å². The minimum atomic E-state index is 0.484. The zero-order valence-electron chi connectivity index (χ0n) is 18.1. The summed E-state index contributed by atoms with van der Waals surface area (Å²) in [5.74, 6) is 2.02. The lowest BCUT2D eigenvalue weighted by atomic mass is 10.0. The van der Waals surface area contributed by atoms with E-state index in [1.807, 2.05) is 66.9 Å². The van der Waals surface area contributed by atoms with Gasteiger partial charge in [0, 0.05) is 16.7 Å². The average molecular weight is 433 g/mol. The number of fused-ring (bicyclic) bond motifs is 1. The van der Waals surface area contributed by atoms with Crippen LogP contribution in [0.1, 0.15) is 5.56 Å². The first kappa shape index (κ1) is 20.2. The van der Waals surface area contributed by atoms with E-state index in [1.165, 1.54) is 0 Å². The van der Waals surface area contributed by atoms with Crippen LogP contribution in [0.15, 0.2) is 79.0 Å². The van der Waals surface area contributed by atoms with Gasteiger partial charge in [-0.25, -0.2) is 14.5 Å². The molecule has 0 spiro atoms. The summed E-state index contributed by atoms with van der Waals surface area (Å²) < 4.78 is 12.3. The number of hydrogen-bond donors (Lipinski definition) is 0. The topological polar surface area (TPSA) is 85.3 Å². The van der Waals surface area contributed by atoms with Crippen molar-refractivity contribution in [2.24, 2.45) is 0 Å². The Bertz CT molecular complexity index is 1380. The highest BCUT2D eigenvalue weighted by molar-refractivity contribution is 5.79. The van der Waals surface area contributed by atoms with Gasteiger partial charge in [-0.05, 0) is 60.7 Å². The molecule has 0 aliphatic carbocycles. The van der Waals surface area contributed by atoms with E-state index in [1.54, 1.807) is 30.9 Å². The van der Waals surface area contributed by atoms with Crippen LogP contribution in [0.4, 0.5) is 0 Å². The van der Waals surface area contributed by atoms with Gasteiger partial charge in [0.05, 0.1) is 37.7 Å². The molecular formula is C26H19N5O2. The summed E-state index contributed by atoms with van der Waals surface area (Å²) >= 11 is 0. The fraction of sp³-hybridized carbons (Fsp3) is 0.0769. The normalized spacial score (nSPS) is 10.7. The second-order valence-electron chi connectivity index (χ2n) is 7.33. The molecule has 0 radical (unpaired) electrons. The van der Waals surface area contributed by atoms with Crippen LogP contribution < -0.4 is 9.47 Å². The summed E-state index contributed by atoms with van der Waals surface area (Å²) in [4.78, 5) is 9.55. The first-order valence-corrected chi connectivity index (χ1v) is 10.3. The van der Waals surface area contributed by atoms with Gasteiger partial charge >= 0.3 is 0 Å². The molecule has 3 aromatic carbocycles. The van der Waals surface area contributed by atoms with Crippen molar-refractivity contribution >= 4 is 5.78 Å². The third kappa shape index (κ3) is 3.86. The summed E-state index contributed by atoms with van der Waals surface area (Å²) in [5, 5.41) is 13.9. The lowest BCUT2D eigenvalue weighted by molar-refractivity contribution is 0.414. The predicted octanol–water partition coefficient (Wildman–Crippen LogP) is 5.01. The van der Waals surface area contributed by atoms with Crippen LogP contribution in [0.5, 0.6) is 11.5 Å². The van der Waals surface area contributed by atoms with E-state index in [0.717, 1.165) is 39.6 Å². The van der Waals surface area contributed by atoms with Gasteiger partial charge in [-0.2, -0.15) is 10.4 Å². The van der Waals surface area contributed by atoms with Gasteiger partial charge in [0.25, 0.3) is 5.78 Å². The van der Waals surface area contributed by atoms with Crippen molar-refractivity contribution in [1.29, 1.82) is 5.26 Å². The van der Waals surface area contributed by atoms with E-state index in [0.29, 0.717) is 17.0 Å². The highest BCUT2D eigenvalue weighted by atomic mass is 16.5. The Labute approximate surface area is 190 Å². The molecule has 2 heterocycles. The van der Waals surface area contributed by atoms with E-state index in [-0.39, 0.29) is 0 Å². The van der Waals surface area contributed by atoms with E-state index in [2.05, 4.69) is 11.1 Å². The Hall–Kier alpha value is -4.70. The first-order valence-electron chi connectivity index (χ1n) is 10.3. The Balaban J connectivity index is 1.67. The molecule has 0 saturated heterocycles. The molecule has 160 valence electrons. The fourth-order valence-electron chi connectivity index (χ4n) is 3.57. The summed E-state index contributed by atoms with van der Waals surface area (Å²) in [7, 11) is 3.28. The number of methoxy groups -OCH3 is 2. The molecule has 5 rings (SSSR count). The second-order valence-corrected chi connectivity index (χ2v) is 7.33. The first-order chi connectivity index (χ1) is 16.2. The zero-order valence-corrected chi connectivity index (χ0v) is 18.1. The monoisotopic (exact) mass is 433 g/mol. The van der Waals surface area contributed by atoms with Gasteiger partial charge in [-0.3, -0.25) is 0 Å². The van der Waals surface area contributed by atoms with Gasteiger partial charge in [0.1, 0.15) is 22.9 Å². The number of benzene rings is 3. The molecule has 0 aliphatic heterocycles. The van der Waals surface area contributed by atoms with Gasteiger partial charge in [0.2, 0.25) is 0 Å². The molecule has 0 atom stereocenters. The molecule has 0 bridgehead atoms. The molecule has 0 aliphatic rings. The molecule has 0 N–H and O–H groups in total. The molecule has 0 unspecified atom stereocenters. The van der Waals surface area contributed by atoms with E-state index >= 15 is 0 Å². The smallest absolute Gasteiger partial charge is 0.251 e. The van der Waals surface area contributed by atoms with Crippen molar-refractivity contribution < 1.29 is 9.47 Å². The molecular weight excluding hydrogens is 414 g/mol. The Morgan fingerprint density at radius 2 is 1.24 bits per heavy atom. The molecule has 2 aromatic heterocycles. The second kappa shape index (κ2) is 8.44. The maximum Gasteiger partial charge on any atom is 0.251 e. The summed E-state index contributed by atoms with van der Waals surface area (Å²) in [6.45, 7) is 0. The quantitative estimate of drug-likeness (QED) is 0.387. The van der Waals surface area contributed by atoms with Crippen molar-refractivity contribution in [2.45, 2.75) is 0 Å². The van der Waals surface area contributed by atoms with Crippen LogP contribution in [0, 0.1) is 11.3 Å². The maximum absolute atomic E-state index is 9.05. The van der Waals surface area contributed by atoms with Gasteiger partial charge < -0.3 is 9.47 Å². The van der Waals surface area contributed by atoms with Crippen molar-refractivity contribution in [3.63, 3.8) is 0 Å². The predicted molar refractivity (Wildman–Crippen MR) is 125 cm³/mol. The molecule has 7 heteroatoms. The summed E-state index contributed by atoms with van der Waals surface area (Å²) in [6.07, 6.45) is 1.84. The molecule has 0 amide bonds. The van der Waals surface area contributed by atoms with Crippen LogP contribution >= 0.6 is 0 Å². The van der Waals surface area contributed by atoms with E-state index < -0.39 is 0 Å².